The van der Waals surface area contributed by atoms with Crippen LogP contribution in [0.1, 0.15) is 34.7 Å². The molecule has 0 nitrogen and oxygen atoms in total. The Kier molecular flexibility index (Phi) is 10.0. The molecule has 0 aromatic heterocycles. The molecule has 1 atom stereocenters. The van der Waals surface area contributed by atoms with Crippen LogP contribution in [0, 0.1) is 0 Å². The van der Waals surface area contributed by atoms with Gasteiger partial charge in [-0.2, -0.15) is 0 Å². The molecule has 150 valence electrons. The third-order valence-electron chi connectivity index (χ3n) is 5.16. The zero-order valence-corrected chi connectivity index (χ0v) is 20.8. The van der Waals surface area contributed by atoms with Crippen molar-refractivity contribution in [2.45, 2.75) is 25.6 Å². The van der Waals surface area contributed by atoms with Crippen LogP contribution in [0.4, 0.5) is 0 Å². The van der Waals surface area contributed by atoms with E-state index in [9.17, 15) is 0 Å². The Morgan fingerprint density at radius 1 is 0.667 bits per heavy atom. The van der Waals surface area contributed by atoms with Gasteiger partial charge in [0.1, 0.15) is 0 Å². The third kappa shape index (κ3) is 6.95. The van der Waals surface area contributed by atoms with Gasteiger partial charge in [-0.1, -0.05) is 134 Å². The van der Waals surface area contributed by atoms with Gasteiger partial charge in [-0.3, -0.25) is 0 Å². The minimum Gasteiger partial charge on any atom is -0.0714 e. The third-order valence-corrected chi connectivity index (χ3v) is 7.38. The Balaban J connectivity index is 0.000000211. The largest absolute Gasteiger partial charge is 0.0714 e. The van der Waals surface area contributed by atoms with Crippen LogP contribution in [0.3, 0.4) is 0 Å². The summed E-state index contributed by atoms with van der Waals surface area (Å²) in [7, 11) is -0.586. The summed E-state index contributed by atoms with van der Waals surface area (Å²) in [5, 5.41) is 0. The van der Waals surface area contributed by atoms with E-state index in [4.69, 9.17) is 0 Å². The molecule has 30 heavy (non-hydrogen) atoms. The first-order valence-corrected chi connectivity index (χ1v) is 13.3. The van der Waals surface area contributed by atoms with Gasteiger partial charge in [0.05, 0.1) is 0 Å². The predicted octanol–water partition coefficient (Wildman–Crippen LogP) is 7.62. The summed E-state index contributed by atoms with van der Waals surface area (Å²) in [6.07, 6.45) is 10.7. The van der Waals surface area contributed by atoms with Crippen LogP contribution in [-0.2, 0) is 21.7 Å². The second kappa shape index (κ2) is 12.5. The Bertz CT molecular complexity index is 938. The van der Waals surface area contributed by atoms with Crippen molar-refractivity contribution >= 4 is 27.0 Å². The van der Waals surface area contributed by atoms with E-state index in [-0.39, 0.29) is 21.7 Å². The number of rotatable bonds is 4. The van der Waals surface area contributed by atoms with E-state index in [1.165, 1.54) is 16.7 Å². The van der Waals surface area contributed by atoms with Crippen molar-refractivity contribution in [3.05, 3.63) is 125 Å². The quantitative estimate of drug-likeness (QED) is 0.288. The summed E-state index contributed by atoms with van der Waals surface area (Å²) < 4.78 is 0. The zero-order chi connectivity index (χ0) is 20.5. The van der Waals surface area contributed by atoms with Crippen molar-refractivity contribution in [2.24, 2.45) is 0 Å². The molecular weight excluding hydrogens is 412 g/mol. The molecule has 0 saturated heterocycles. The maximum absolute atomic E-state index is 2.43. The van der Waals surface area contributed by atoms with E-state index in [0.29, 0.717) is 0 Å². The summed E-state index contributed by atoms with van der Waals surface area (Å²) >= 11 is 0. The molecule has 0 radical (unpaired) electrons. The molecule has 0 aliphatic heterocycles. The van der Waals surface area contributed by atoms with Crippen molar-refractivity contribution in [2.75, 3.05) is 0 Å². The van der Waals surface area contributed by atoms with Crippen LogP contribution < -0.4 is 0 Å². The standard InChI is InChI=1S/C16H14.C12H16Si.Ti/c1-3-9-15(10-4-1)13-7-8-14-16-11-5-2-6-12-16;1-9-8-10-6-4-5-7-11(10)12(9)13(2)3;/h1-14H;4-8,12-13H,1-3H3;. The van der Waals surface area contributed by atoms with Crippen molar-refractivity contribution in [3.63, 3.8) is 0 Å². The maximum Gasteiger partial charge on any atom is 0.0439 e. The van der Waals surface area contributed by atoms with E-state index in [1.807, 2.05) is 36.4 Å². The molecule has 0 fully saturated rings. The first-order valence-electron chi connectivity index (χ1n) is 10.4. The molecule has 0 saturated carbocycles. The average molecular weight is 443 g/mol. The van der Waals surface area contributed by atoms with Crippen LogP contribution in [0.5, 0.6) is 0 Å². The van der Waals surface area contributed by atoms with Gasteiger partial charge >= 0.3 is 0 Å². The second-order valence-corrected chi connectivity index (χ2v) is 10.9. The molecule has 1 unspecified atom stereocenters. The van der Waals surface area contributed by atoms with Crippen LogP contribution >= 0.6 is 0 Å². The van der Waals surface area contributed by atoms with Gasteiger partial charge in [0, 0.05) is 30.5 Å². The van der Waals surface area contributed by atoms with E-state index < -0.39 is 8.80 Å². The Hall–Kier alpha value is -2.19. The summed E-state index contributed by atoms with van der Waals surface area (Å²) in [4.78, 5) is 0. The van der Waals surface area contributed by atoms with Crippen molar-refractivity contribution in [1.82, 2.24) is 0 Å². The second-order valence-electron chi connectivity index (χ2n) is 7.78. The molecule has 1 aliphatic rings. The summed E-state index contributed by atoms with van der Waals surface area (Å²) in [6.45, 7) is 7.14. The molecule has 2 heteroatoms. The molecule has 0 spiro atoms. The molecule has 0 amide bonds. The summed E-state index contributed by atoms with van der Waals surface area (Å²) in [5.41, 5.74) is 7.83. The topological polar surface area (TPSA) is 0 Å². The molecule has 3 aromatic rings. The fourth-order valence-electron chi connectivity index (χ4n) is 3.85. The fourth-order valence-corrected chi connectivity index (χ4v) is 6.02. The number of hydrogen-bond donors (Lipinski definition) is 0. The van der Waals surface area contributed by atoms with Gasteiger partial charge in [-0.15, -0.1) is 0 Å². The predicted molar refractivity (Wildman–Crippen MR) is 133 cm³/mol. The smallest absolute Gasteiger partial charge is 0.0439 e. The van der Waals surface area contributed by atoms with Gasteiger partial charge in [-0.05, 0) is 34.7 Å². The van der Waals surface area contributed by atoms with Gasteiger partial charge in [0.25, 0.3) is 0 Å². The summed E-state index contributed by atoms with van der Waals surface area (Å²) in [5.74, 6) is 0. The molecule has 1 aliphatic carbocycles. The van der Waals surface area contributed by atoms with Crippen LogP contribution in [0.25, 0.3) is 18.2 Å². The summed E-state index contributed by atoms with van der Waals surface area (Å²) in [6, 6.07) is 29.4. The van der Waals surface area contributed by atoms with Crippen LogP contribution in [0.15, 0.2) is 103 Å². The minimum absolute atomic E-state index is 0. The van der Waals surface area contributed by atoms with Crippen LogP contribution in [-0.4, -0.2) is 8.80 Å². The molecule has 3 aromatic carbocycles. The first-order chi connectivity index (χ1) is 14.1. The molecule has 4 rings (SSSR count). The minimum atomic E-state index is -0.586. The van der Waals surface area contributed by atoms with E-state index in [0.717, 1.165) is 5.54 Å². The van der Waals surface area contributed by atoms with Gasteiger partial charge in [0.2, 0.25) is 0 Å². The normalized spacial score (nSPS) is 14.8. The van der Waals surface area contributed by atoms with Crippen molar-refractivity contribution in [1.29, 1.82) is 0 Å². The number of benzene rings is 3. The molecule has 0 bridgehead atoms. The van der Waals surface area contributed by atoms with E-state index in [1.54, 1.807) is 11.1 Å². The van der Waals surface area contributed by atoms with E-state index in [2.05, 4.69) is 98.9 Å². The van der Waals surface area contributed by atoms with E-state index >= 15 is 0 Å². The monoisotopic (exact) mass is 442 g/mol. The maximum atomic E-state index is 2.43. The first kappa shape index (κ1) is 24.1. The van der Waals surface area contributed by atoms with Crippen molar-refractivity contribution < 1.29 is 21.7 Å². The number of allylic oxidation sites excluding steroid dienone is 3. The van der Waals surface area contributed by atoms with Gasteiger partial charge in [-0.25, -0.2) is 0 Å². The Morgan fingerprint density at radius 2 is 1.13 bits per heavy atom. The van der Waals surface area contributed by atoms with Gasteiger partial charge in [0.15, 0.2) is 0 Å². The molecule has 0 heterocycles. The Labute approximate surface area is 198 Å². The SMILES string of the molecule is C(C=Cc1ccccc1)=Cc1ccccc1.CC1=Cc2ccccc2C1[SiH](C)C.[Ti]. The van der Waals surface area contributed by atoms with Crippen molar-refractivity contribution in [3.8, 4) is 0 Å². The number of fused-ring (bicyclic) bond motifs is 1. The molecule has 0 N–H and O–H groups in total. The fraction of sp³-hybridized carbons (Fsp3) is 0.143. The van der Waals surface area contributed by atoms with Gasteiger partial charge < -0.3 is 0 Å². The van der Waals surface area contributed by atoms with Crippen LogP contribution in [0.2, 0.25) is 13.1 Å². The molecular formula is C28H30SiTi. The zero-order valence-electron chi connectivity index (χ0n) is 18.1. The average Bonchev–Trinajstić information content (AvgIpc) is 3.09. The Morgan fingerprint density at radius 3 is 1.63 bits per heavy atom. The number of hydrogen-bond acceptors (Lipinski definition) is 0.